The number of nitrogens with zero attached hydrogens (tertiary/aromatic N) is 3. The largest absolute Gasteiger partial charge is 0.339 e. The molecular formula is C23H26N4O. The van der Waals surface area contributed by atoms with Crippen LogP contribution in [-0.4, -0.2) is 26.8 Å². The number of aromatic nitrogens is 2. The summed E-state index contributed by atoms with van der Waals surface area (Å²) in [5, 5.41) is 3.25. The summed E-state index contributed by atoms with van der Waals surface area (Å²) in [6.07, 6.45) is 3.14. The fourth-order valence-electron chi connectivity index (χ4n) is 3.11. The van der Waals surface area contributed by atoms with Crippen LogP contribution in [-0.2, 0) is 6.54 Å². The number of hydrogen-bond donors (Lipinski definition) is 1. The van der Waals surface area contributed by atoms with Crippen molar-refractivity contribution in [2.75, 3.05) is 5.32 Å². The molecule has 5 heteroatoms. The van der Waals surface area contributed by atoms with Crippen molar-refractivity contribution >= 4 is 17.4 Å². The summed E-state index contributed by atoms with van der Waals surface area (Å²) in [5.74, 6) is 0.491. The molecule has 0 saturated carbocycles. The second-order valence-electron chi connectivity index (χ2n) is 7.30. The minimum Gasteiger partial charge on any atom is -0.339 e. The molecule has 0 aliphatic carbocycles. The molecule has 0 aliphatic heterocycles. The smallest absolute Gasteiger partial charge is 0.274 e. The van der Waals surface area contributed by atoms with E-state index in [0.717, 1.165) is 11.3 Å². The lowest BCUT2D eigenvalue weighted by Crippen LogP contribution is -2.36. The van der Waals surface area contributed by atoms with E-state index < -0.39 is 0 Å². The highest BCUT2D eigenvalue weighted by molar-refractivity contribution is 5.92. The summed E-state index contributed by atoms with van der Waals surface area (Å²) in [6, 6.07) is 16.2. The second-order valence-corrected chi connectivity index (χ2v) is 7.30. The van der Waals surface area contributed by atoms with Gasteiger partial charge in [-0.3, -0.25) is 4.79 Å². The molecule has 0 spiro atoms. The number of nitrogens with one attached hydrogen (secondary N) is 1. The lowest BCUT2D eigenvalue weighted by atomic mass is 10.1. The van der Waals surface area contributed by atoms with Crippen LogP contribution in [0.15, 0.2) is 60.9 Å². The summed E-state index contributed by atoms with van der Waals surface area (Å²) in [6.45, 7) is 8.66. The van der Waals surface area contributed by atoms with Gasteiger partial charge in [0.05, 0.1) is 12.4 Å². The van der Waals surface area contributed by atoms with Crippen molar-refractivity contribution in [2.45, 2.75) is 40.3 Å². The molecular weight excluding hydrogens is 348 g/mol. The predicted octanol–water partition coefficient (Wildman–Crippen LogP) is 4.89. The third-order valence-electron chi connectivity index (χ3n) is 4.45. The summed E-state index contributed by atoms with van der Waals surface area (Å²) < 4.78 is 0. The zero-order valence-electron chi connectivity index (χ0n) is 16.8. The SMILES string of the molecule is Cc1cc(C)cc(Nc2cnc(C(=O)N(Cc3ccccc3)C(C)C)cn2)c1. The lowest BCUT2D eigenvalue weighted by Gasteiger charge is -2.26. The van der Waals surface area contributed by atoms with Crippen LogP contribution in [0.4, 0.5) is 11.5 Å². The van der Waals surface area contributed by atoms with E-state index in [2.05, 4.69) is 35.2 Å². The van der Waals surface area contributed by atoms with Crippen LogP contribution in [0.3, 0.4) is 0 Å². The molecule has 5 nitrogen and oxygen atoms in total. The van der Waals surface area contributed by atoms with Gasteiger partial charge in [-0.25, -0.2) is 9.97 Å². The van der Waals surface area contributed by atoms with Crippen molar-refractivity contribution in [2.24, 2.45) is 0 Å². The zero-order valence-corrected chi connectivity index (χ0v) is 16.8. The van der Waals surface area contributed by atoms with Gasteiger partial charge in [0.25, 0.3) is 5.91 Å². The first-order valence-electron chi connectivity index (χ1n) is 9.44. The first kappa shape index (κ1) is 19.5. The molecule has 1 N–H and O–H groups in total. The van der Waals surface area contributed by atoms with E-state index in [1.807, 2.05) is 56.3 Å². The average Bonchev–Trinajstić information content (AvgIpc) is 2.66. The number of rotatable bonds is 6. The van der Waals surface area contributed by atoms with E-state index in [0.29, 0.717) is 18.1 Å². The highest BCUT2D eigenvalue weighted by Crippen LogP contribution is 2.18. The number of anilines is 2. The number of aryl methyl sites for hydroxylation is 2. The number of amides is 1. The number of carbonyl (C=O) groups excluding carboxylic acids is 1. The average molecular weight is 374 g/mol. The minimum atomic E-state index is -0.121. The van der Waals surface area contributed by atoms with Crippen LogP contribution in [0.2, 0.25) is 0 Å². The normalized spacial score (nSPS) is 10.8. The Hall–Kier alpha value is -3.21. The Kier molecular flexibility index (Phi) is 6.04. The molecule has 0 radical (unpaired) electrons. The van der Waals surface area contributed by atoms with Crippen molar-refractivity contribution in [3.63, 3.8) is 0 Å². The molecule has 0 unspecified atom stereocenters. The Balaban J connectivity index is 1.74. The molecule has 0 saturated heterocycles. The standard InChI is InChI=1S/C23H26N4O/c1-16(2)27(15-19-8-6-5-7-9-19)23(28)21-13-25-22(14-24-21)26-20-11-17(3)10-18(4)12-20/h5-14,16H,15H2,1-4H3,(H,25,26). The molecule has 2 aromatic carbocycles. The van der Waals surface area contributed by atoms with Gasteiger partial charge in [0.1, 0.15) is 11.5 Å². The lowest BCUT2D eigenvalue weighted by molar-refractivity contribution is 0.0684. The van der Waals surface area contributed by atoms with Crippen LogP contribution in [0.25, 0.3) is 0 Å². The van der Waals surface area contributed by atoms with Crippen LogP contribution >= 0.6 is 0 Å². The van der Waals surface area contributed by atoms with E-state index >= 15 is 0 Å². The Bertz CT molecular complexity index is 916. The summed E-state index contributed by atoms with van der Waals surface area (Å²) in [7, 11) is 0. The Morgan fingerprint density at radius 2 is 1.68 bits per heavy atom. The van der Waals surface area contributed by atoms with Gasteiger partial charge in [0.15, 0.2) is 0 Å². The maximum atomic E-state index is 13.0. The van der Waals surface area contributed by atoms with Gasteiger partial charge in [-0.1, -0.05) is 36.4 Å². The molecule has 0 fully saturated rings. The van der Waals surface area contributed by atoms with E-state index in [4.69, 9.17) is 0 Å². The third-order valence-corrected chi connectivity index (χ3v) is 4.45. The van der Waals surface area contributed by atoms with Crippen LogP contribution in [0.5, 0.6) is 0 Å². The van der Waals surface area contributed by atoms with Crippen molar-refractivity contribution in [3.8, 4) is 0 Å². The molecule has 1 amide bonds. The van der Waals surface area contributed by atoms with E-state index in [-0.39, 0.29) is 11.9 Å². The summed E-state index contributed by atoms with van der Waals surface area (Å²) in [4.78, 5) is 23.5. The van der Waals surface area contributed by atoms with Gasteiger partial charge >= 0.3 is 0 Å². The Morgan fingerprint density at radius 3 is 2.25 bits per heavy atom. The van der Waals surface area contributed by atoms with Crippen LogP contribution in [0.1, 0.15) is 41.0 Å². The van der Waals surface area contributed by atoms with E-state index in [1.165, 1.54) is 17.3 Å². The first-order valence-corrected chi connectivity index (χ1v) is 9.44. The zero-order chi connectivity index (χ0) is 20.1. The highest BCUT2D eigenvalue weighted by Gasteiger charge is 2.20. The minimum absolute atomic E-state index is 0.0579. The first-order chi connectivity index (χ1) is 13.4. The third kappa shape index (κ3) is 4.94. The van der Waals surface area contributed by atoms with Gasteiger partial charge in [0.2, 0.25) is 0 Å². The molecule has 0 bridgehead atoms. The summed E-state index contributed by atoms with van der Waals surface area (Å²) >= 11 is 0. The maximum absolute atomic E-state index is 13.0. The molecule has 1 aromatic heterocycles. The van der Waals surface area contributed by atoms with Gasteiger partial charge in [-0.15, -0.1) is 0 Å². The van der Waals surface area contributed by atoms with Gasteiger partial charge in [0, 0.05) is 18.3 Å². The maximum Gasteiger partial charge on any atom is 0.274 e. The summed E-state index contributed by atoms with van der Waals surface area (Å²) in [5.41, 5.74) is 4.74. The second kappa shape index (κ2) is 8.65. The highest BCUT2D eigenvalue weighted by atomic mass is 16.2. The van der Waals surface area contributed by atoms with Gasteiger partial charge < -0.3 is 10.2 Å². The molecule has 144 valence electrons. The predicted molar refractivity (Wildman–Crippen MR) is 113 cm³/mol. The van der Waals surface area contributed by atoms with Crippen molar-refractivity contribution < 1.29 is 4.79 Å². The Labute approximate surface area is 166 Å². The van der Waals surface area contributed by atoms with Crippen molar-refractivity contribution in [3.05, 3.63) is 83.3 Å². The van der Waals surface area contributed by atoms with Crippen molar-refractivity contribution in [1.29, 1.82) is 0 Å². The topological polar surface area (TPSA) is 58.1 Å². The molecule has 3 rings (SSSR count). The molecule has 0 atom stereocenters. The van der Waals surface area contributed by atoms with E-state index in [9.17, 15) is 4.79 Å². The molecule has 1 heterocycles. The van der Waals surface area contributed by atoms with E-state index in [1.54, 1.807) is 11.1 Å². The van der Waals surface area contributed by atoms with Gasteiger partial charge in [-0.05, 0) is 56.5 Å². The number of benzene rings is 2. The van der Waals surface area contributed by atoms with Crippen LogP contribution < -0.4 is 5.32 Å². The fourth-order valence-corrected chi connectivity index (χ4v) is 3.11. The Morgan fingerprint density at radius 1 is 1.00 bits per heavy atom. The molecule has 28 heavy (non-hydrogen) atoms. The monoisotopic (exact) mass is 374 g/mol. The molecule has 0 aliphatic rings. The van der Waals surface area contributed by atoms with Crippen LogP contribution in [0, 0.1) is 13.8 Å². The molecule has 3 aromatic rings. The number of carbonyl (C=O) groups is 1. The fraction of sp³-hybridized carbons (Fsp3) is 0.261. The van der Waals surface area contributed by atoms with Gasteiger partial charge in [-0.2, -0.15) is 0 Å². The quantitative estimate of drug-likeness (QED) is 0.667. The number of hydrogen-bond acceptors (Lipinski definition) is 4. The van der Waals surface area contributed by atoms with Crippen molar-refractivity contribution in [1.82, 2.24) is 14.9 Å².